The summed E-state index contributed by atoms with van der Waals surface area (Å²) < 4.78 is 9.80. The first-order chi connectivity index (χ1) is 16.5. The minimum Gasteiger partial charge on any atom is -0.381 e. The van der Waals surface area contributed by atoms with Crippen molar-refractivity contribution < 1.29 is 4.74 Å². The molecule has 4 aromatic heterocycles. The lowest BCUT2D eigenvalue weighted by Gasteiger charge is -2.34. The predicted octanol–water partition coefficient (Wildman–Crippen LogP) is 3.87. The van der Waals surface area contributed by atoms with E-state index in [-0.39, 0.29) is 5.54 Å². The van der Waals surface area contributed by atoms with Crippen LogP contribution in [0.3, 0.4) is 0 Å². The van der Waals surface area contributed by atoms with Gasteiger partial charge in [0.1, 0.15) is 5.82 Å². The number of nitrogens with zero attached hydrogens (tertiary/aromatic N) is 6. The maximum Gasteiger partial charge on any atom is 0.241 e. The molecule has 0 spiro atoms. The van der Waals surface area contributed by atoms with Crippen LogP contribution in [0.5, 0.6) is 0 Å². The summed E-state index contributed by atoms with van der Waals surface area (Å²) >= 11 is 0. The second kappa shape index (κ2) is 8.32. The molecule has 1 saturated heterocycles. The zero-order chi connectivity index (χ0) is 23.3. The summed E-state index contributed by atoms with van der Waals surface area (Å²) in [5.41, 5.74) is 11.2. The molecule has 9 nitrogen and oxygen atoms in total. The Balaban J connectivity index is 1.29. The number of rotatable bonds is 4. The van der Waals surface area contributed by atoms with E-state index in [0.717, 1.165) is 85.4 Å². The van der Waals surface area contributed by atoms with Gasteiger partial charge in [-0.25, -0.2) is 19.5 Å². The van der Waals surface area contributed by atoms with Crippen molar-refractivity contribution in [3.63, 3.8) is 0 Å². The molecule has 34 heavy (non-hydrogen) atoms. The molecule has 0 amide bonds. The van der Waals surface area contributed by atoms with Gasteiger partial charge in [-0.3, -0.25) is 0 Å². The number of aryl methyl sites for hydroxylation is 1. The van der Waals surface area contributed by atoms with Gasteiger partial charge < -0.3 is 20.4 Å². The van der Waals surface area contributed by atoms with Gasteiger partial charge in [0.15, 0.2) is 5.65 Å². The molecule has 0 unspecified atom stereocenters. The van der Waals surface area contributed by atoms with Crippen LogP contribution in [0.4, 0.5) is 5.95 Å². The highest BCUT2D eigenvalue weighted by molar-refractivity contribution is 5.85. The summed E-state index contributed by atoms with van der Waals surface area (Å²) in [5.74, 6) is 1.66. The highest BCUT2D eigenvalue weighted by Crippen LogP contribution is 2.32. The first-order valence-corrected chi connectivity index (χ1v) is 12.3. The van der Waals surface area contributed by atoms with Crippen molar-refractivity contribution in [2.75, 3.05) is 18.5 Å². The topological polar surface area (TPSA) is 108 Å². The second-order valence-electron chi connectivity index (χ2n) is 10.2. The Morgan fingerprint density at radius 3 is 2.68 bits per heavy atom. The average molecular weight is 461 g/mol. The number of anilines is 1. The average Bonchev–Trinajstić information content (AvgIpc) is 3.40. The van der Waals surface area contributed by atoms with E-state index in [4.69, 9.17) is 25.5 Å². The van der Waals surface area contributed by atoms with Gasteiger partial charge in [0.2, 0.25) is 5.95 Å². The lowest BCUT2D eigenvalue weighted by atomic mass is 9.82. The maximum absolute atomic E-state index is 6.27. The summed E-state index contributed by atoms with van der Waals surface area (Å²) in [5, 5.41) is 8.22. The van der Waals surface area contributed by atoms with Crippen molar-refractivity contribution in [1.29, 1.82) is 0 Å². The van der Waals surface area contributed by atoms with E-state index in [1.165, 1.54) is 0 Å². The summed E-state index contributed by atoms with van der Waals surface area (Å²) in [6, 6.07) is 5.05. The minimum absolute atomic E-state index is 0.0495. The Kier molecular flexibility index (Phi) is 5.26. The van der Waals surface area contributed by atoms with Gasteiger partial charge in [-0.05, 0) is 64.5 Å². The van der Waals surface area contributed by atoms with Crippen molar-refractivity contribution in [3.8, 4) is 11.1 Å². The lowest BCUT2D eigenvalue weighted by Crippen LogP contribution is -2.43. The number of hydrogen-bond donors (Lipinski definition) is 2. The zero-order valence-electron chi connectivity index (χ0n) is 19.9. The molecule has 1 aliphatic carbocycles. The fourth-order valence-corrected chi connectivity index (χ4v) is 5.46. The molecule has 4 aromatic rings. The van der Waals surface area contributed by atoms with Crippen LogP contribution in [-0.2, 0) is 4.74 Å². The molecular weight excluding hydrogens is 428 g/mol. The standard InChI is InChI=1S/C25H32N8O/c1-16-29-23-21(33(16)19-6-11-34-12-7-19)13-17(14-27-23)20-5-10-32-22(20)15-28-24(31-32)30-18-3-8-25(2,26)9-4-18/h5,10,13-15,18-19H,3-4,6-9,11-12,26H2,1-2H3,(H,30,31). The van der Waals surface area contributed by atoms with Gasteiger partial charge in [-0.1, -0.05) is 0 Å². The van der Waals surface area contributed by atoms with E-state index in [0.29, 0.717) is 18.0 Å². The number of pyridine rings is 1. The van der Waals surface area contributed by atoms with Gasteiger partial charge in [0.05, 0.1) is 17.2 Å². The first-order valence-electron chi connectivity index (χ1n) is 12.3. The SMILES string of the molecule is Cc1nc2ncc(-c3ccn4nc(NC5CCC(C)(N)CC5)ncc34)cc2n1C1CCOCC1. The summed E-state index contributed by atoms with van der Waals surface area (Å²) in [4.78, 5) is 14.0. The Morgan fingerprint density at radius 2 is 1.88 bits per heavy atom. The Labute approximate surface area is 198 Å². The van der Waals surface area contributed by atoms with E-state index in [1.54, 1.807) is 0 Å². The van der Waals surface area contributed by atoms with E-state index in [2.05, 4.69) is 40.8 Å². The predicted molar refractivity (Wildman–Crippen MR) is 132 cm³/mol. The molecule has 5 heterocycles. The molecule has 2 aliphatic rings. The Morgan fingerprint density at radius 1 is 1.09 bits per heavy atom. The van der Waals surface area contributed by atoms with Crippen LogP contribution < -0.4 is 11.1 Å². The number of nitrogens with two attached hydrogens (primary N) is 1. The van der Waals surface area contributed by atoms with Gasteiger partial charge >= 0.3 is 0 Å². The number of nitrogens with one attached hydrogen (secondary N) is 1. The molecule has 0 bridgehead atoms. The molecule has 0 aromatic carbocycles. The van der Waals surface area contributed by atoms with Gasteiger partial charge in [-0.15, -0.1) is 5.10 Å². The number of hydrogen-bond acceptors (Lipinski definition) is 7. The Bertz CT molecular complexity index is 1320. The van der Waals surface area contributed by atoms with Crippen molar-refractivity contribution >= 4 is 22.6 Å². The van der Waals surface area contributed by atoms with Crippen LogP contribution >= 0.6 is 0 Å². The van der Waals surface area contributed by atoms with Crippen molar-refractivity contribution in [1.82, 2.24) is 29.1 Å². The molecule has 1 saturated carbocycles. The van der Waals surface area contributed by atoms with Gasteiger partial charge in [-0.2, -0.15) is 0 Å². The third-order valence-corrected chi connectivity index (χ3v) is 7.47. The summed E-state index contributed by atoms with van der Waals surface area (Å²) in [6.07, 6.45) is 11.9. The monoisotopic (exact) mass is 460 g/mol. The van der Waals surface area contributed by atoms with Crippen LogP contribution in [0.15, 0.2) is 30.7 Å². The third kappa shape index (κ3) is 3.92. The van der Waals surface area contributed by atoms with Gasteiger partial charge in [0, 0.05) is 54.4 Å². The molecule has 0 radical (unpaired) electrons. The van der Waals surface area contributed by atoms with E-state index >= 15 is 0 Å². The fraction of sp³-hybridized carbons (Fsp3) is 0.520. The maximum atomic E-state index is 6.27. The molecule has 6 rings (SSSR count). The zero-order valence-corrected chi connectivity index (χ0v) is 19.9. The van der Waals surface area contributed by atoms with E-state index < -0.39 is 0 Å². The number of fused-ring (bicyclic) bond motifs is 2. The molecule has 3 N–H and O–H groups in total. The van der Waals surface area contributed by atoms with Crippen LogP contribution in [0.2, 0.25) is 0 Å². The molecular formula is C25H32N8O. The molecule has 0 atom stereocenters. The third-order valence-electron chi connectivity index (χ3n) is 7.47. The smallest absolute Gasteiger partial charge is 0.241 e. The van der Waals surface area contributed by atoms with E-state index in [9.17, 15) is 0 Å². The number of aromatic nitrogens is 6. The molecule has 1 aliphatic heterocycles. The second-order valence-corrected chi connectivity index (χ2v) is 10.2. The van der Waals surface area contributed by atoms with Crippen LogP contribution in [-0.4, -0.2) is 53.9 Å². The largest absolute Gasteiger partial charge is 0.381 e. The molecule has 9 heteroatoms. The normalized spacial score (nSPS) is 24.1. The number of imidazole rings is 1. The summed E-state index contributed by atoms with van der Waals surface area (Å²) in [7, 11) is 0. The number of ether oxygens (including phenoxy) is 1. The van der Waals surface area contributed by atoms with Crippen molar-refractivity contribution in [3.05, 3.63) is 36.5 Å². The fourth-order valence-electron chi connectivity index (χ4n) is 5.46. The molecule has 178 valence electrons. The lowest BCUT2D eigenvalue weighted by molar-refractivity contribution is 0.0701. The molecule has 2 fully saturated rings. The highest BCUT2D eigenvalue weighted by Gasteiger charge is 2.27. The van der Waals surface area contributed by atoms with Crippen LogP contribution in [0.1, 0.15) is 57.3 Å². The van der Waals surface area contributed by atoms with Crippen LogP contribution in [0.25, 0.3) is 27.8 Å². The van der Waals surface area contributed by atoms with Crippen molar-refractivity contribution in [2.45, 2.75) is 70.0 Å². The Hall–Kier alpha value is -3.04. The highest BCUT2D eigenvalue weighted by atomic mass is 16.5. The quantitative estimate of drug-likeness (QED) is 0.476. The van der Waals surface area contributed by atoms with Crippen LogP contribution in [0, 0.1) is 6.92 Å². The van der Waals surface area contributed by atoms with Gasteiger partial charge in [0.25, 0.3) is 0 Å². The van der Waals surface area contributed by atoms with Crippen molar-refractivity contribution in [2.24, 2.45) is 5.73 Å². The first kappa shape index (κ1) is 21.5. The minimum atomic E-state index is -0.0495. The van der Waals surface area contributed by atoms with E-state index in [1.807, 2.05) is 23.1 Å². The summed E-state index contributed by atoms with van der Waals surface area (Å²) in [6.45, 7) is 5.78.